The minimum Gasteiger partial charge on any atom is -0.364 e. The lowest BCUT2D eigenvalue weighted by Gasteiger charge is -2.00. The minimum absolute atomic E-state index is 0.509. The number of halogens is 1. The van der Waals surface area contributed by atoms with Crippen molar-refractivity contribution in [2.45, 2.75) is 13.3 Å². The van der Waals surface area contributed by atoms with Gasteiger partial charge in [0.15, 0.2) is 6.36 Å². The molecule has 0 aromatic rings. The third kappa shape index (κ3) is 2.15. The van der Waals surface area contributed by atoms with Gasteiger partial charge in [-0.15, -0.1) is 0 Å². The zero-order valence-corrected chi connectivity index (χ0v) is 3.69. The van der Waals surface area contributed by atoms with Gasteiger partial charge in [-0.2, -0.15) is 0 Å². The van der Waals surface area contributed by atoms with Crippen LogP contribution in [-0.2, 0) is 0 Å². The molecule has 0 aliphatic rings. The van der Waals surface area contributed by atoms with Gasteiger partial charge in [0.05, 0.1) is 0 Å². The molecule has 0 saturated carbocycles. The van der Waals surface area contributed by atoms with E-state index in [1.165, 1.54) is 6.92 Å². The molecule has 2 atom stereocenters. The largest absolute Gasteiger partial charge is 0.364 e. The van der Waals surface area contributed by atoms with Gasteiger partial charge in [0.1, 0.15) is 0 Å². The zero-order valence-electron chi connectivity index (χ0n) is 3.69. The lowest BCUT2D eigenvalue weighted by atomic mass is 10.2. The van der Waals surface area contributed by atoms with Gasteiger partial charge in [-0.3, -0.25) is 0 Å². The Balaban J connectivity index is 2.99. The maximum Gasteiger partial charge on any atom is 0.198 e. The summed E-state index contributed by atoms with van der Waals surface area (Å²) in [5.74, 6) is -0.509. The standard InChI is InChI=1S/C4H8FO/c1-3(2)4(5)6/h3-4,6H,1H2,2H3. The molecule has 0 saturated heterocycles. The molecule has 0 fully saturated rings. The molecule has 37 valence electrons. The van der Waals surface area contributed by atoms with Crippen molar-refractivity contribution in [2.75, 3.05) is 0 Å². The fourth-order valence-corrected chi connectivity index (χ4v) is 0. The van der Waals surface area contributed by atoms with Crippen LogP contribution in [0.5, 0.6) is 0 Å². The number of aliphatic hydroxyl groups excluding tert-OH is 1. The molecule has 0 amide bonds. The first-order valence-corrected chi connectivity index (χ1v) is 1.80. The smallest absolute Gasteiger partial charge is 0.198 e. The number of alkyl halides is 1. The molecular weight excluding hydrogens is 83.0 g/mol. The Bertz CT molecular complexity index is 28.5. The van der Waals surface area contributed by atoms with Crippen molar-refractivity contribution in [1.82, 2.24) is 0 Å². The molecule has 1 nitrogen and oxygen atoms in total. The number of aliphatic hydroxyl groups is 1. The molecule has 1 radical (unpaired) electrons. The summed E-state index contributed by atoms with van der Waals surface area (Å²) in [5, 5.41) is 7.90. The molecule has 0 spiro atoms. The van der Waals surface area contributed by atoms with Crippen LogP contribution in [0.4, 0.5) is 4.39 Å². The van der Waals surface area contributed by atoms with Crippen molar-refractivity contribution in [2.24, 2.45) is 5.92 Å². The average molecular weight is 91.1 g/mol. The molecule has 0 rings (SSSR count). The summed E-state index contributed by atoms with van der Waals surface area (Å²) in [6.45, 7) is 4.72. The van der Waals surface area contributed by atoms with E-state index in [0.717, 1.165) is 0 Å². The Kier molecular flexibility index (Phi) is 2.09. The lowest BCUT2D eigenvalue weighted by Crippen LogP contribution is -2.06. The fraction of sp³-hybridized carbons (Fsp3) is 0.750. The van der Waals surface area contributed by atoms with E-state index >= 15 is 0 Å². The van der Waals surface area contributed by atoms with Crippen molar-refractivity contribution in [3.05, 3.63) is 6.92 Å². The van der Waals surface area contributed by atoms with Crippen LogP contribution in [0.3, 0.4) is 0 Å². The molecule has 2 unspecified atom stereocenters. The number of rotatable bonds is 1. The maximum atomic E-state index is 11.3. The van der Waals surface area contributed by atoms with Gasteiger partial charge >= 0.3 is 0 Å². The van der Waals surface area contributed by atoms with Gasteiger partial charge in [-0.05, 0) is 6.92 Å². The third-order valence-corrected chi connectivity index (χ3v) is 0.470. The van der Waals surface area contributed by atoms with E-state index < -0.39 is 12.3 Å². The highest BCUT2D eigenvalue weighted by Crippen LogP contribution is 1.98. The highest BCUT2D eigenvalue weighted by molar-refractivity contribution is 4.52. The van der Waals surface area contributed by atoms with E-state index in [2.05, 4.69) is 6.92 Å². The first kappa shape index (κ1) is 5.89. The average Bonchev–Trinajstić information content (AvgIpc) is 1.36. The van der Waals surface area contributed by atoms with E-state index in [1.807, 2.05) is 0 Å². The van der Waals surface area contributed by atoms with E-state index in [-0.39, 0.29) is 0 Å². The van der Waals surface area contributed by atoms with Crippen LogP contribution in [0, 0.1) is 12.8 Å². The van der Waals surface area contributed by atoms with Crippen LogP contribution >= 0.6 is 0 Å². The van der Waals surface area contributed by atoms with Gasteiger partial charge in [-0.1, -0.05) is 6.92 Å². The molecule has 0 bridgehead atoms. The quantitative estimate of drug-likeness (QED) is 0.504. The Labute approximate surface area is 36.8 Å². The van der Waals surface area contributed by atoms with Gasteiger partial charge in [0.25, 0.3) is 0 Å². The first-order valence-electron chi connectivity index (χ1n) is 1.80. The summed E-state index contributed by atoms with van der Waals surface area (Å²) in [5.41, 5.74) is 0. The Morgan fingerprint density at radius 3 is 2.00 bits per heavy atom. The second-order valence-corrected chi connectivity index (χ2v) is 1.35. The van der Waals surface area contributed by atoms with Crippen LogP contribution < -0.4 is 0 Å². The van der Waals surface area contributed by atoms with Gasteiger partial charge < -0.3 is 5.11 Å². The van der Waals surface area contributed by atoms with E-state index in [0.29, 0.717) is 0 Å². The number of hydrogen-bond acceptors (Lipinski definition) is 1. The van der Waals surface area contributed by atoms with Crippen LogP contribution in [0.1, 0.15) is 6.92 Å². The van der Waals surface area contributed by atoms with Crippen LogP contribution in [0.15, 0.2) is 0 Å². The Morgan fingerprint density at radius 1 is 1.83 bits per heavy atom. The summed E-state index contributed by atoms with van der Waals surface area (Å²) < 4.78 is 11.3. The molecule has 0 aliphatic heterocycles. The lowest BCUT2D eigenvalue weighted by molar-refractivity contribution is 0.0104. The van der Waals surface area contributed by atoms with Crippen LogP contribution in [-0.4, -0.2) is 11.5 Å². The van der Waals surface area contributed by atoms with Gasteiger partial charge in [-0.25, -0.2) is 4.39 Å². The first-order chi connectivity index (χ1) is 2.64. The van der Waals surface area contributed by atoms with Crippen molar-refractivity contribution in [1.29, 1.82) is 0 Å². The molecule has 1 N–H and O–H groups in total. The topological polar surface area (TPSA) is 20.2 Å². The molecule has 0 aromatic heterocycles. The van der Waals surface area contributed by atoms with Gasteiger partial charge in [0.2, 0.25) is 0 Å². The van der Waals surface area contributed by atoms with E-state index in [1.54, 1.807) is 0 Å². The van der Waals surface area contributed by atoms with Crippen molar-refractivity contribution in [3.63, 3.8) is 0 Å². The molecule has 6 heavy (non-hydrogen) atoms. The highest BCUT2D eigenvalue weighted by Gasteiger charge is 2.02. The van der Waals surface area contributed by atoms with Crippen molar-refractivity contribution < 1.29 is 9.50 Å². The molecule has 2 heteroatoms. The zero-order chi connectivity index (χ0) is 5.15. The molecule has 0 aliphatic carbocycles. The predicted molar refractivity (Wildman–Crippen MR) is 21.6 cm³/mol. The monoisotopic (exact) mass is 91.1 g/mol. The van der Waals surface area contributed by atoms with Crippen LogP contribution in [0.2, 0.25) is 0 Å². The molecular formula is C4H8FO. The maximum absolute atomic E-state index is 11.3. The fourth-order valence-electron chi connectivity index (χ4n) is 0. The Hall–Kier alpha value is -0.110. The highest BCUT2D eigenvalue weighted by atomic mass is 19.1. The molecule has 0 heterocycles. The third-order valence-electron chi connectivity index (χ3n) is 0.470. The summed E-state index contributed by atoms with van der Waals surface area (Å²) >= 11 is 0. The number of hydrogen-bond donors (Lipinski definition) is 1. The summed E-state index contributed by atoms with van der Waals surface area (Å²) in [7, 11) is 0. The van der Waals surface area contributed by atoms with Crippen molar-refractivity contribution >= 4 is 0 Å². The predicted octanol–water partition coefficient (Wildman–Crippen LogP) is 0.744. The Morgan fingerprint density at radius 2 is 2.00 bits per heavy atom. The van der Waals surface area contributed by atoms with E-state index in [4.69, 9.17) is 5.11 Å². The second kappa shape index (κ2) is 2.13. The minimum atomic E-state index is -1.76. The summed E-state index contributed by atoms with van der Waals surface area (Å²) in [6, 6.07) is 0. The summed E-state index contributed by atoms with van der Waals surface area (Å²) in [4.78, 5) is 0. The second-order valence-electron chi connectivity index (χ2n) is 1.35. The van der Waals surface area contributed by atoms with Gasteiger partial charge in [0, 0.05) is 5.92 Å². The normalized spacial score (nSPS) is 15.5. The summed E-state index contributed by atoms with van der Waals surface area (Å²) in [6.07, 6.45) is -1.76. The van der Waals surface area contributed by atoms with Crippen molar-refractivity contribution in [3.8, 4) is 0 Å². The SMILES string of the molecule is [CH2]C(C)C(O)F. The van der Waals surface area contributed by atoms with Crippen LogP contribution in [0.25, 0.3) is 0 Å². The van der Waals surface area contributed by atoms with E-state index in [9.17, 15) is 4.39 Å². The molecule has 0 aromatic carbocycles.